The summed E-state index contributed by atoms with van der Waals surface area (Å²) in [5.74, 6) is -4.35. The second-order valence-corrected chi connectivity index (χ2v) is 4.15. The number of carboxylic acids is 3. The number of hydrogen-bond donors (Lipinski definition) is 3. The summed E-state index contributed by atoms with van der Waals surface area (Å²) in [6, 6.07) is 4.87. The molecule has 0 aliphatic heterocycles. The van der Waals surface area contributed by atoms with Gasteiger partial charge in [-0.05, 0) is 22.9 Å². The molecule has 0 aliphatic carbocycles. The molecule has 0 aromatic heterocycles. The first-order valence-electron chi connectivity index (χ1n) is 5.63. The molecule has 0 spiro atoms. The molecule has 7 nitrogen and oxygen atoms in total. The zero-order chi connectivity index (χ0) is 15.7. The van der Waals surface area contributed by atoms with E-state index in [9.17, 15) is 24.3 Å². The van der Waals surface area contributed by atoms with Gasteiger partial charge in [0.05, 0.1) is 16.7 Å². The minimum absolute atomic E-state index is 0.00509. The van der Waals surface area contributed by atoms with E-state index in [-0.39, 0.29) is 22.6 Å². The monoisotopic (exact) mass is 288 g/mol. The lowest BCUT2D eigenvalue weighted by atomic mass is 9.92. The fraction of sp³-hybridized carbons (Fsp3) is 0. The van der Waals surface area contributed by atoms with Crippen molar-refractivity contribution < 1.29 is 34.5 Å². The van der Waals surface area contributed by atoms with E-state index in [4.69, 9.17) is 10.2 Å². The van der Waals surface area contributed by atoms with Crippen molar-refractivity contribution in [1.29, 1.82) is 0 Å². The molecule has 2 rings (SSSR count). The van der Waals surface area contributed by atoms with Crippen molar-refractivity contribution in [2.45, 2.75) is 0 Å². The van der Waals surface area contributed by atoms with Crippen molar-refractivity contribution in [2.24, 2.45) is 0 Å². The van der Waals surface area contributed by atoms with E-state index >= 15 is 0 Å². The second kappa shape index (κ2) is 5.04. The maximum Gasteiger partial charge on any atom is 0.337 e. The van der Waals surface area contributed by atoms with Gasteiger partial charge in [-0.1, -0.05) is 12.1 Å². The van der Waals surface area contributed by atoms with Gasteiger partial charge in [0.1, 0.15) is 0 Å². The molecule has 0 aliphatic rings. The number of rotatable bonds is 4. The highest BCUT2D eigenvalue weighted by Crippen LogP contribution is 2.28. The van der Waals surface area contributed by atoms with Crippen LogP contribution in [-0.2, 0) is 0 Å². The highest BCUT2D eigenvalue weighted by Gasteiger charge is 2.23. The Morgan fingerprint density at radius 3 is 1.95 bits per heavy atom. The normalized spacial score (nSPS) is 10.3. The first kappa shape index (κ1) is 14.2. The van der Waals surface area contributed by atoms with Crippen molar-refractivity contribution in [2.75, 3.05) is 0 Å². The molecule has 7 heteroatoms. The fourth-order valence-corrected chi connectivity index (χ4v) is 2.16. The molecule has 0 saturated carbocycles. The van der Waals surface area contributed by atoms with E-state index in [1.165, 1.54) is 18.2 Å². The van der Waals surface area contributed by atoms with Gasteiger partial charge in [-0.3, -0.25) is 4.79 Å². The van der Waals surface area contributed by atoms with Gasteiger partial charge in [-0.2, -0.15) is 0 Å². The van der Waals surface area contributed by atoms with Crippen molar-refractivity contribution in [3.8, 4) is 0 Å². The standard InChI is InChI=1S/C14H8O7/c15-5-10-9(13(18)19)4-8-6(11(10)14(20)21)2-1-3-7(8)12(16)17/h1-5H,(H,16,17)(H,18,19)(H,20,21). The summed E-state index contributed by atoms with van der Waals surface area (Å²) in [7, 11) is 0. The highest BCUT2D eigenvalue weighted by molar-refractivity contribution is 6.17. The first-order valence-corrected chi connectivity index (χ1v) is 5.63. The topological polar surface area (TPSA) is 129 Å². The number of aromatic carboxylic acids is 3. The molecule has 0 atom stereocenters. The van der Waals surface area contributed by atoms with E-state index in [1.807, 2.05) is 0 Å². The van der Waals surface area contributed by atoms with E-state index in [1.54, 1.807) is 0 Å². The number of hydrogen-bond acceptors (Lipinski definition) is 4. The Bertz CT molecular complexity index is 805. The van der Waals surface area contributed by atoms with Crippen molar-refractivity contribution in [3.05, 3.63) is 46.5 Å². The molecule has 3 N–H and O–H groups in total. The number of benzene rings is 2. The van der Waals surface area contributed by atoms with Crippen LogP contribution in [-0.4, -0.2) is 39.5 Å². The number of carboxylic acid groups (broad SMARTS) is 3. The third kappa shape index (κ3) is 2.20. The maximum atomic E-state index is 11.4. The Morgan fingerprint density at radius 2 is 1.48 bits per heavy atom. The van der Waals surface area contributed by atoms with Gasteiger partial charge in [-0.25, -0.2) is 14.4 Å². The SMILES string of the molecule is O=Cc1c(C(=O)O)cc2c(C(=O)O)cccc2c1C(=O)O. The van der Waals surface area contributed by atoms with Gasteiger partial charge < -0.3 is 15.3 Å². The molecule has 0 bridgehead atoms. The average Bonchev–Trinajstić information content (AvgIpc) is 2.43. The molecule has 0 saturated heterocycles. The lowest BCUT2D eigenvalue weighted by Crippen LogP contribution is -2.11. The molecule has 0 unspecified atom stereocenters. The molecule has 21 heavy (non-hydrogen) atoms. The summed E-state index contributed by atoms with van der Waals surface area (Å²) < 4.78 is 0. The number of carbonyl (C=O) groups excluding carboxylic acids is 1. The van der Waals surface area contributed by atoms with Gasteiger partial charge in [-0.15, -0.1) is 0 Å². The van der Waals surface area contributed by atoms with Gasteiger partial charge >= 0.3 is 17.9 Å². The number of aldehydes is 1. The van der Waals surface area contributed by atoms with Crippen LogP contribution >= 0.6 is 0 Å². The maximum absolute atomic E-state index is 11.4. The first-order chi connectivity index (χ1) is 9.88. The van der Waals surface area contributed by atoms with E-state index in [2.05, 4.69) is 0 Å². The smallest absolute Gasteiger partial charge is 0.337 e. The minimum Gasteiger partial charge on any atom is -0.478 e. The Morgan fingerprint density at radius 1 is 0.857 bits per heavy atom. The van der Waals surface area contributed by atoms with Gasteiger partial charge in [0.15, 0.2) is 6.29 Å². The zero-order valence-corrected chi connectivity index (χ0v) is 10.4. The number of fused-ring (bicyclic) bond motifs is 1. The summed E-state index contributed by atoms with van der Waals surface area (Å²) in [6.07, 6.45) is 0.139. The van der Waals surface area contributed by atoms with Gasteiger partial charge in [0.2, 0.25) is 0 Å². The third-order valence-electron chi connectivity index (χ3n) is 3.02. The Labute approximate surface area is 117 Å². The minimum atomic E-state index is -1.51. The molecular weight excluding hydrogens is 280 g/mol. The summed E-state index contributed by atoms with van der Waals surface area (Å²) in [4.78, 5) is 44.8. The predicted molar refractivity (Wildman–Crippen MR) is 70.2 cm³/mol. The Hall–Kier alpha value is -3.22. The molecule has 0 radical (unpaired) electrons. The largest absolute Gasteiger partial charge is 0.478 e. The lowest BCUT2D eigenvalue weighted by molar-refractivity contribution is 0.0679. The van der Waals surface area contributed by atoms with Crippen LogP contribution < -0.4 is 0 Å². The quantitative estimate of drug-likeness (QED) is 0.730. The Kier molecular flexibility index (Phi) is 3.41. The molecule has 2 aromatic carbocycles. The van der Waals surface area contributed by atoms with E-state index in [0.29, 0.717) is 0 Å². The van der Waals surface area contributed by atoms with Gasteiger partial charge in [0, 0.05) is 5.56 Å². The van der Waals surface area contributed by atoms with Crippen LogP contribution in [0.3, 0.4) is 0 Å². The van der Waals surface area contributed by atoms with Crippen LogP contribution in [0.15, 0.2) is 24.3 Å². The van der Waals surface area contributed by atoms with Gasteiger partial charge in [0.25, 0.3) is 0 Å². The van der Waals surface area contributed by atoms with Crippen LogP contribution in [0.25, 0.3) is 10.8 Å². The molecule has 2 aromatic rings. The van der Waals surface area contributed by atoms with E-state index < -0.39 is 34.6 Å². The average molecular weight is 288 g/mol. The lowest BCUT2D eigenvalue weighted by Gasteiger charge is -2.10. The Balaban J connectivity index is 3.10. The fourth-order valence-electron chi connectivity index (χ4n) is 2.16. The summed E-state index contributed by atoms with van der Waals surface area (Å²) in [5, 5.41) is 27.4. The molecule has 0 amide bonds. The number of carbonyl (C=O) groups is 4. The predicted octanol–water partition coefficient (Wildman–Crippen LogP) is 1.75. The van der Waals surface area contributed by atoms with Crippen LogP contribution in [0, 0.1) is 0 Å². The van der Waals surface area contributed by atoms with Crippen LogP contribution in [0.1, 0.15) is 41.4 Å². The molecule has 0 fully saturated rings. The zero-order valence-electron chi connectivity index (χ0n) is 10.4. The summed E-state index contributed by atoms with van der Waals surface area (Å²) in [6.45, 7) is 0. The molecular formula is C14H8O7. The van der Waals surface area contributed by atoms with Crippen LogP contribution in [0.2, 0.25) is 0 Å². The van der Waals surface area contributed by atoms with Crippen molar-refractivity contribution in [1.82, 2.24) is 0 Å². The van der Waals surface area contributed by atoms with Crippen LogP contribution in [0.5, 0.6) is 0 Å². The molecule has 106 valence electrons. The third-order valence-corrected chi connectivity index (χ3v) is 3.02. The van der Waals surface area contributed by atoms with Crippen molar-refractivity contribution >= 4 is 35.0 Å². The van der Waals surface area contributed by atoms with E-state index in [0.717, 1.165) is 6.07 Å². The van der Waals surface area contributed by atoms with Crippen molar-refractivity contribution in [3.63, 3.8) is 0 Å². The highest BCUT2D eigenvalue weighted by atomic mass is 16.4. The second-order valence-electron chi connectivity index (χ2n) is 4.15. The molecule has 0 heterocycles. The summed E-state index contributed by atoms with van der Waals surface area (Å²) in [5.41, 5.74) is -1.81. The van der Waals surface area contributed by atoms with Crippen LogP contribution in [0.4, 0.5) is 0 Å². The summed E-state index contributed by atoms with van der Waals surface area (Å²) >= 11 is 0.